The van der Waals surface area contributed by atoms with Crippen LogP contribution in [0.15, 0.2) is 34.3 Å². The number of rotatable bonds is 3. The first-order valence-corrected chi connectivity index (χ1v) is 8.27. The van der Waals surface area contributed by atoms with Crippen LogP contribution in [-0.2, 0) is 6.18 Å². The molecule has 0 atom stereocenters. The SMILES string of the molecule is Cc1cc(NC(=S)N(C)C)ccc1Sc1nc(N)cnc1C(F)(F)F. The number of halogens is 3. The third-order valence-electron chi connectivity index (χ3n) is 3.07. The van der Waals surface area contributed by atoms with Gasteiger partial charge in [-0.05, 0) is 42.9 Å². The van der Waals surface area contributed by atoms with Crippen LogP contribution in [0.5, 0.6) is 0 Å². The van der Waals surface area contributed by atoms with Crippen LogP contribution in [0.3, 0.4) is 0 Å². The highest BCUT2D eigenvalue weighted by Crippen LogP contribution is 2.38. The highest BCUT2D eigenvalue weighted by atomic mass is 32.2. The van der Waals surface area contributed by atoms with E-state index in [1.807, 2.05) is 14.1 Å². The topological polar surface area (TPSA) is 67.1 Å². The molecule has 10 heteroatoms. The maximum Gasteiger partial charge on any atom is 0.436 e. The largest absolute Gasteiger partial charge is 0.436 e. The fourth-order valence-electron chi connectivity index (χ4n) is 1.83. The second kappa shape index (κ2) is 7.44. The summed E-state index contributed by atoms with van der Waals surface area (Å²) in [6.45, 7) is 1.79. The number of anilines is 2. The lowest BCUT2D eigenvalue weighted by Crippen LogP contribution is -2.26. The van der Waals surface area contributed by atoms with Crippen LogP contribution in [0.4, 0.5) is 24.7 Å². The highest BCUT2D eigenvalue weighted by molar-refractivity contribution is 7.99. The minimum atomic E-state index is -4.60. The maximum absolute atomic E-state index is 13.1. The van der Waals surface area contributed by atoms with E-state index in [1.165, 1.54) is 0 Å². The third-order valence-corrected chi connectivity index (χ3v) is 4.69. The summed E-state index contributed by atoms with van der Waals surface area (Å²) in [5.41, 5.74) is 5.95. The molecular weight excluding hydrogens is 371 g/mol. The van der Waals surface area contributed by atoms with Gasteiger partial charge >= 0.3 is 6.18 Å². The number of aryl methyl sites for hydroxylation is 1. The van der Waals surface area contributed by atoms with E-state index in [0.717, 1.165) is 29.2 Å². The van der Waals surface area contributed by atoms with Gasteiger partial charge in [0.05, 0.1) is 6.20 Å². The molecule has 25 heavy (non-hydrogen) atoms. The molecule has 0 aliphatic rings. The summed E-state index contributed by atoms with van der Waals surface area (Å²) in [6, 6.07) is 5.23. The molecular formula is C15H16F3N5S2. The zero-order chi connectivity index (χ0) is 18.8. The van der Waals surface area contributed by atoms with Gasteiger partial charge in [0, 0.05) is 24.7 Å². The summed E-state index contributed by atoms with van der Waals surface area (Å²) in [7, 11) is 3.62. The molecule has 2 rings (SSSR count). The number of nitrogens with one attached hydrogen (secondary N) is 1. The van der Waals surface area contributed by atoms with E-state index in [9.17, 15) is 13.2 Å². The van der Waals surface area contributed by atoms with Crippen molar-refractivity contribution in [3.63, 3.8) is 0 Å². The van der Waals surface area contributed by atoms with Crippen molar-refractivity contribution >= 4 is 40.6 Å². The van der Waals surface area contributed by atoms with Gasteiger partial charge in [-0.15, -0.1) is 0 Å². The van der Waals surface area contributed by atoms with Gasteiger partial charge in [0.15, 0.2) is 10.8 Å². The number of hydrogen-bond acceptors (Lipinski definition) is 5. The van der Waals surface area contributed by atoms with Gasteiger partial charge in [-0.3, -0.25) is 0 Å². The number of thiocarbonyl (C=S) groups is 1. The molecule has 0 saturated carbocycles. The van der Waals surface area contributed by atoms with E-state index in [0.29, 0.717) is 10.0 Å². The average Bonchev–Trinajstić information content (AvgIpc) is 2.48. The highest BCUT2D eigenvalue weighted by Gasteiger charge is 2.36. The standard InChI is InChI=1S/C15H16F3N5S2/c1-8-6-9(21-14(24)23(2)3)4-5-10(8)25-13-12(15(16,17)18)20-7-11(19)22-13/h4-7H,1-3H3,(H2,19,22)(H,21,24). The molecule has 2 aromatic rings. The predicted octanol–water partition coefficient (Wildman–Crippen LogP) is 3.80. The first kappa shape index (κ1) is 19.3. The number of nitrogens with two attached hydrogens (primary N) is 1. The van der Waals surface area contributed by atoms with Crippen molar-refractivity contribution in [3.05, 3.63) is 35.7 Å². The molecule has 5 nitrogen and oxygen atoms in total. The lowest BCUT2D eigenvalue weighted by molar-refractivity contribution is -0.143. The molecule has 0 spiro atoms. The van der Waals surface area contributed by atoms with Crippen molar-refractivity contribution in [1.82, 2.24) is 14.9 Å². The van der Waals surface area contributed by atoms with Crippen molar-refractivity contribution in [3.8, 4) is 0 Å². The summed E-state index contributed by atoms with van der Waals surface area (Å²) in [6.07, 6.45) is -3.70. The molecule has 0 bridgehead atoms. The van der Waals surface area contributed by atoms with Crippen molar-refractivity contribution in [2.45, 2.75) is 23.0 Å². The Bertz CT molecular complexity index is 793. The summed E-state index contributed by atoms with van der Waals surface area (Å²) in [5.74, 6) is -0.0669. The van der Waals surface area contributed by atoms with Crippen LogP contribution in [-0.4, -0.2) is 34.1 Å². The fourth-order valence-corrected chi connectivity index (χ4v) is 2.93. The lowest BCUT2D eigenvalue weighted by Gasteiger charge is -2.17. The van der Waals surface area contributed by atoms with Crippen molar-refractivity contribution in [2.24, 2.45) is 0 Å². The lowest BCUT2D eigenvalue weighted by atomic mass is 10.2. The average molecular weight is 387 g/mol. The summed E-state index contributed by atoms with van der Waals surface area (Å²) in [5, 5.41) is 3.29. The van der Waals surface area contributed by atoms with Gasteiger partial charge < -0.3 is 16.0 Å². The summed E-state index contributed by atoms with van der Waals surface area (Å²) < 4.78 is 39.2. The monoisotopic (exact) mass is 387 g/mol. The molecule has 1 heterocycles. The van der Waals surface area contributed by atoms with Gasteiger partial charge in [0.25, 0.3) is 0 Å². The Labute approximate surface area is 152 Å². The van der Waals surface area contributed by atoms with E-state index in [4.69, 9.17) is 18.0 Å². The smallest absolute Gasteiger partial charge is 0.382 e. The number of nitrogen functional groups attached to an aromatic ring is 1. The Morgan fingerprint density at radius 1 is 1.32 bits per heavy atom. The van der Waals surface area contributed by atoms with Gasteiger partial charge in [0.1, 0.15) is 10.8 Å². The molecule has 0 radical (unpaired) electrons. The summed E-state index contributed by atoms with van der Waals surface area (Å²) in [4.78, 5) is 9.53. The molecule has 0 saturated heterocycles. The van der Waals surface area contributed by atoms with E-state index in [2.05, 4.69) is 15.3 Å². The van der Waals surface area contributed by atoms with Crippen LogP contribution >= 0.6 is 24.0 Å². The van der Waals surface area contributed by atoms with Crippen molar-refractivity contribution < 1.29 is 13.2 Å². The van der Waals surface area contributed by atoms with E-state index < -0.39 is 11.9 Å². The minimum absolute atomic E-state index is 0.0669. The Balaban J connectivity index is 2.30. The second-order valence-electron chi connectivity index (χ2n) is 5.35. The number of hydrogen-bond donors (Lipinski definition) is 2. The molecule has 1 aromatic heterocycles. The number of alkyl halides is 3. The molecule has 0 aliphatic heterocycles. The first-order chi connectivity index (χ1) is 11.6. The second-order valence-corrected chi connectivity index (χ2v) is 6.77. The van der Waals surface area contributed by atoms with Gasteiger partial charge in [0.2, 0.25) is 0 Å². The van der Waals surface area contributed by atoms with Crippen LogP contribution in [0.2, 0.25) is 0 Å². The Morgan fingerprint density at radius 3 is 2.56 bits per heavy atom. The first-order valence-electron chi connectivity index (χ1n) is 7.04. The van der Waals surface area contributed by atoms with Crippen LogP contribution < -0.4 is 11.1 Å². The molecule has 134 valence electrons. The fraction of sp³-hybridized carbons (Fsp3) is 0.267. The normalized spacial score (nSPS) is 11.3. The maximum atomic E-state index is 13.1. The van der Waals surface area contributed by atoms with Gasteiger partial charge in [-0.25, -0.2) is 9.97 Å². The zero-order valence-electron chi connectivity index (χ0n) is 13.7. The zero-order valence-corrected chi connectivity index (χ0v) is 15.3. The Hall–Kier alpha value is -2.07. The molecule has 0 fully saturated rings. The Morgan fingerprint density at radius 2 is 2.00 bits per heavy atom. The van der Waals surface area contributed by atoms with Crippen LogP contribution in [0.25, 0.3) is 0 Å². The Kier molecular flexibility index (Phi) is 5.73. The van der Waals surface area contributed by atoms with E-state index >= 15 is 0 Å². The van der Waals surface area contributed by atoms with E-state index in [-0.39, 0.29) is 10.8 Å². The van der Waals surface area contributed by atoms with Crippen molar-refractivity contribution in [2.75, 3.05) is 25.1 Å². The molecule has 1 aromatic carbocycles. The molecule has 3 N–H and O–H groups in total. The molecule has 0 aliphatic carbocycles. The predicted molar refractivity (Wildman–Crippen MR) is 96.7 cm³/mol. The number of benzene rings is 1. The number of nitrogens with zero attached hydrogens (tertiary/aromatic N) is 3. The summed E-state index contributed by atoms with van der Waals surface area (Å²) >= 11 is 6.04. The van der Waals surface area contributed by atoms with Gasteiger partial charge in [-0.1, -0.05) is 11.8 Å². The number of aromatic nitrogens is 2. The van der Waals surface area contributed by atoms with Crippen molar-refractivity contribution in [1.29, 1.82) is 0 Å². The van der Waals surface area contributed by atoms with Gasteiger partial charge in [-0.2, -0.15) is 13.2 Å². The van der Waals surface area contributed by atoms with Crippen LogP contribution in [0, 0.1) is 6.92 Å². The molecule has 0 amide bonds. The quantitative estimate of drug-likeness (QED) is 0.777. The minimum Gasteiger partial charge on any atom is -0.382 e. The molecule has 0 unspecified atom stereocenters. The van der Waals surface area contributed by atoms with Crippen LogP contribution in [0.1, 0.15) is 11.3 Å². The third kappa shape index (κ3) is 4.95. The van der Waals surface area contributed by atoms with E-state index in [1.54, 1.807) is 30.0 Å².